The van der Waals surface area contributed by atoms with E-state index in [4.69, 9.17) is 10.8 Å². The van der Waals surface area contributed by atoms with E-state index in [1.165, 1.54) is 11.7 Å². The molecule has 0 aliphatic carbocycles. The van der Waals surface area contributed by atoms with E-state index in [-0.39, 0.29) is 18.0 Å². The summed E-state index contributed by atoms with van der Waals surface area (Å²) in [5, 5.41) is 22.9. The van der Waals surface area contributed by atoms with Crippen LogP contribution in [0.3, 0.4) is 0 Å². The first-order chi connectivity index (χ1) is 6.07. The van der Waals surface area contributed by atoms with Crippen LogP contribution in [0.15, 0.2) is 6.20 Å². The molecule has 13 heavy (non-hydrogen) atoms. The monoisotopic (exact) mass is 186 g/mol. The minimum Gasteiger partial charge on any atom is -0.394 e. The Kier molecular flexibility index (Phi) is 2.59. The summed E-state index contributed by atoms with van der Waals surface area (Å²) in [7, 11) is 1.54. The fraction of sp³-hybridized carbons (Fsp3) is 0.500. The van der Waals surface area contributed by atoms with E-state index in [2.05, 4.69) is 5.10 Å². The molecule has 7 heteroatoms. The largest absolute Gasteiger partial charge is 0.394 e. The molecule has 0 aromatic carbocycles. The SMILES string of the molecule is Cn1ncc([N+](=O)[O-])c1[C@H](N)CO. The van der Waals surface area contributed by atoms with E-state index in [0.29, 0.717) is 0 Å². The number of nitrogens with zero attached hydrogens (tertiary/aromatic N) is 3. The Morgan fingerprint density at radius 1 is 1.92 bits per heavy atom. The van der Waals surface area contributed by atoms with Crippen molar-refractivity contribution >= 4 is 5.69 Å². The van der Waals surface area contributed by atoms with Crippen LogP contribution in [-0.4, -0.2) is 26.4 Å². The molecule has 0 fully saturated rings. The fourth-order valence-electron chi connectivity index (χ4n) is 1.09. The third-order valence-corrected chi connectivity index (χ3v) is 1.71. The predicted octanol–water partition coefficient (Wildman–Crippen LogP) is -0.680. The third kappa shape index (κ3) is 1.65. The molecule has 72 valence electrons. The van der Waals surface area contributed by atoms with Gasteiger partial charge in [0.15, 0.2) is 0 Å². The molecule has 0 unspecified atom stereocenters. The van der Waals surface area contributed by atoms with Gasteiger partial charge < -0.3 is 10.8 Å². The Morgan fingerprint density at radius 2 is 2.54 bits per heavy atom. The van der Waals surface area contributed by atoms with Crippen molar-refractivity contribution < 1.29 is 10.0 Å². The van der Waals surface area contributed by atoms with E-state index in [1.807, 2.05) is 0 Å². The van der Waals surface area contributed by atoms with Gasteiger partial charge in [0.1, 0.15) is 11.9 Å². The molecule has 0 spiro atoms. The summed E-state index contributed by atoms with van der Waals surface area (Å²) in [6.07, 6.45) is 1.12. The van der Waals surface area contributed by atoms with Crippen LogP contribution in [0.4, 0.5) is 5.69 Å². The lowest BCUT2D eigenvalue weighted by molar-refractivity contribution is -0.385. The molecule has 0 aliphatic rings. The first-order valence-corrected chi connectivity index (χ1v) is 3.60. The average Bonchev–Trinajstić information content (AvgIpc) is 2.46. The van der Waals surface area contributed by atoms with Crippen molar-refractivity contribution in [2.24, 2.45) is 12.8 Å². The maximum absolute atomic E-state index is 10.5. The molecule has 3 N–H and O–H groups in total. The summed E-state index contributed by atoms with van der Waals surface area (Å²) in [5.74, 6) is 0. The van der Waals surface area contributed by atoms with Crippen LogP contribution >= 0.6 is 0 Å². The van der Waals surface area contributed by atoms with Crippen molar-refractivity contribution in [1.29, 1.82) is 0 Å². The van der Waals surface area contributed by atoms with Gasteiger partial charge in [-0.15, -0.1) is 0 Å². The molecule has 1 aromatic heterocycles. The maximum Gasteiger partial charge on any atom is 0.311 e. The van der Waals surface area contributed by atoms with Crippen LogP contribution in [-0.2, 0) is 7.05 Å². The molecule has 7 nitrogen and oxygen atoms in total. The number of aromatic nitrogens is 2. The molecule has 1 rings (SSSR count). The van der Waals surface area contributed by atoms with Crippen LogP contribution in [0.5, 0.6) is 0 Å². The summed E-state index contributed by atoms with van der Waals surface area (Å²) in [4.78, 5) is 9.90. The van der Waals surface area contributed by atoms with Crippen molar-refractivity contribution in [3.8, 4) is 0 Å². The summed E-state index contributed by atoms with van der Waals surface area (Å²) >= 11 is 0. The minimum atomic E-state index is -0.770. The third-order valence-electron chi connectivity index (χ3n) is 1.71. The lowest BCUT2D eigenvalue weighted by Crippen LogP contribution is -2.19. The van der Waals surface area contributed by atoms with E-state index in [1.54, 1.807) is 0 Å². The van der Waals surface area contributed by atoms with Crippen molar-refractivity contribution in [3.05, 3.63) is 22.0 Å². The molecular formula is C6H10N4O3. The number of nitro groups is 1. The van der Waals surface area contributed by atoms with Gasteiger partial charge in [-0.1, -0.05) is 0 Å². The lowest BCUT2D eigenvalue weighted by atomic mass is 10.2. The summed E-state index contributed by atoms with van der Waals surface area (Å²) in [5.41, 5.74) is 5.53. The van der Waals surface area contributed by atoms with E-state index in [0.717, 1.165) is 6.20 Å². The molecule has 0 amide bonds. The zero-order valence-electron chi connectivity index (χ0n) is 7.04. The smallest absolute Gasteiger partial charge is 0.311 e. The predicted molar refractivity (Wildman–Crippen MR) is 43.9 cm³/mol. The highest BCUT2D eigenvalue weighted by molar-refractivity contribution is 5.35. The molecule has 0 radical (unpaired) electrons. The Morgan fingerprint density at radius 3 is 3.00 bits per heavy atom. The zero-order valence-corrected chi connectivity index (χ0v) is 7.04. The Bertz CT molecular complexity index is 322. The fourth-order valence-corrected chi connectivity index (χ4v) is 1.09. The molecule has 0 saturated heterocycles. The van der Waals surface area contributed by atoms with Gasteiger partial charge in [0.05, 0.1) is 17.6 Å². The number of nitrogens with two attached hydrogens (primary N) is 1. The van der Waals surface area contributed by atoms with Gasteiger partial charge in [0.25, 0.3) is 0 Å². The first kappa shape index (κ1) is 9.62. The van der Waals surface area contributed by atoms with Gasteiger partial charge in [-0.05, 0) is 0 Å². The highest BCUT2D eigenvalue weighted by Gasteiger charge is 2.23. The van der Waals surface area contributed by atoms with E-state index >= 15 is 0 Å². The van der Waals surface area contributed by atoms with Crippen LogP contribution < -0.4 is 5.73 Å². The van der Waals surface area contributed by atoms with Crippen molar-refractivity contribution in [1.82, 2.24) is 9.78 Å². The van der Waals surface area contributed by atoms with Gasteiger partial charge in [-0.2, -0.15) is 5.10 Å². The molecule has 1 aromatic rings. The Labute approximate surface area is 73.9 Å². The van der Waals surface area contributed by atoms with E-state index in [9.17, 15) is 10.1 Å². The highest BCUT2D eigenvalue weighted by atomic mass is 16.6. The molecule has 0 aliphatic heterocycles. The molecule has 1 atom stereocenters. The van der Waals surface area contributed by atoms with E-state index < -0.39 is 11.0 Å². The number of hydrogen-bond donors (Lipinski definition) is 2. The molecule has 1 heterocycles. The topological polar surface area (TPSA) is 107 Å². The van der Waals surface area contributed by atoms with Gasteiger partial charge in [-0.25, -0.2) is 0 Å². The number of aryl methyl sites for hydroxylation is 1. The minimum absolute atomic E-state index is 0.163. The number of rotatable bonds is 3. The quantitative estimate of drug-likeness (QED) is 0.480. The van der Waals surface area contributed by atoms with Gasteiger partial charge >= 0.3 is 5.69 Å². The Balaban J connectivity index is 3.15. The van der Waals surface area contributed by atoms with Crippen LogP contribution in [0.25, 0.3) is 0 Å². The first-order valence-electron chi connectivity index (χ1n) is 3.60. The van der Waals surface area contributed by atoms with Gasteiger partial charge in [0.2, 0.25) is 0 Å². The van der Waals surface area contributed by atoms with Gasteiger partial charge in [0, 0.05) is 7.05 Å². The second-order valence-corrected chi connectivity index (χ2v) is 2.58. The molecular weight excluding hydrogens is 176 g/mol. The lowest BCUT2D eigenvalue weighted by Gasteiger charge is -2.06. The number of aliphatic hydroxyl groups excluding tert-OH is 1. The molecule has 0 bridgehead atoms. The maximum atomic E-state index is 10.5. The molecule has 0 saturated carbocycles. The van der Waals surface area contributed by atoms with Crippen LogP contribution in [0, 0.1) is 10.1 Å². The summed E-state index contributed by atoms with van der Waals surface area (Å²) < 4.78 is 1.29. The normalized spacial score (nSPS) is 12.8. The number of aliphatic hydroxyl groups is 1. The Hall–Kier alpha value is -1.47. The van der Waals surface area contributed by atoms with Crippen molar-refractivity contribution in [3.63, 3.8) is 0 Å². The second-order valence-electron chi connectivity index (χ2n) is 2.58. The van der Waals surface area contributed by atoms with Crippen molar-refractivity contribution in [2.45, 2.75) is 6.04 Å². The second kappa shape index (κ2) is 3.50. The van der Waals surface area contributed by atoms with Gasteiger partial charge in [-0.3, -0.25) is 14.8 Å². The zero-order chi connectivity index (χ0) is 10.0. The average molecular weight is 186 g/mol. The van der Waals surface area contributed by atoms with Crippen LogP contribution in [0.2, 0.25) is 0 Å². The summed E-state index contributed by atoms with van der Waals surface area (Å²) in [6.45, 7) is -0.347. The standard InChI is InChI=1S/C6H10N4O3/c1-9-6(4(7)3-11)5(2-8-9)10(12)13/h2,4,11H,3,7H2,1H3/t4-/m1/s1. The van der Waals surface area contributed by atoms with Crippen molar-refractivity contribution in [2.75, 3.05) is 6.61 Å². The number of hydrogen-bond acceptors (Lipinski definition) is 5. The summed E-state index contributed by atoms with van der Waals surface area (Å²) in [6, 6.07) is -0.770. The highest BCUT2D eigenvalue weighted by Crippen LogP contribution is 2.21. The van der Waals surface area contributed by atoms with Crippen LogP contribution in [0.1, 0.15) is 11.7 Å².